The van der Waals surface area contributed by atoms with Crippen LogP contribution in [0, 0.1) is 0 Å². The zero-order valence-corrected chi connectivity index (χ0v) is 17.6. The molecule has 0 aliphatic carbocycles. The van der Waals surface area contributed by atoms with Crippen molar-refractivity contribution >= 4 is 24.2 Å². The molecule has 8 heteroatoms. The van der Waals surface area contributed by atoms with Crippen molar-refractivity contribution < 1.29 is 19.1 Å². The first-order chi connectivity index (χ1) is 15.6. The predicted molar refractivity (Wildman–Crippen MR) is 123 cm³/mol. The van der Waals surface area contributed by atoms with Crippen LogP contribution in [0.4, 0.5) is 0 Å². The lowest BCUT2D eigenvalue weighted by atomic mass is 10.1. The van der Waals surface area contributed by atoms with Crippen LogP contribution in [-0.2, 0) is 0 Å². The Kier molecular flexibility index (Phi) is 7.69. The molecule has 0 spiro atoms. The first-order valence-electron chi connectivity index (χ1n) is 9.65. The summed E-state index contributed by atoms with van der Waals surface area (Å²) < 4.78 is 10.8. The quantitative estimate of drug-likeness (QED) is 0.423. The lowest BCUT2D eigenvalue weighted by Gasteiger charge is -2.10. The molecule has 162 valence electrons. The Bertz CT molecular complexity index is 1040. The lowest BCUT2D eigenvalue weighted by molar-refractivity contribution is 0.0947. The Balaban J connectivity index is 1.72. The largest absolute Gasteiger partial charge is 0.496 e. The van der Waals surface area contributed by atoms with Crippen LogP contribution >= 0.6 is 0 Å². The van der Waals surface area contributed by atoms with Gasteiger partial charge in [0.2, 0.25) is 0 Å². The van der Waals surface area contributed by atoms with Crippen molar-refractivity contribution in [2.75, 3.05) is 14.2 Å². The minimum absolute atomic E-state index is 0.328. The molecule has 3 aromatic rings. The molecule has 2 amide bonds. The molecule has 3 rings (SSSR count). The van der Waals surface area contributed by atoms with E-state index < -0.39 is 0 Å². The van der Waals surface area contributed by atoms with Crippen LogP contribution in [0.25, 0.3) is 0 Å². The van der Waals surface area contributed by atoms with Gasteiger partial charge < -0.3 is 9.47 Å². The van der Waals surface area contributed by atoms with E-state index in [9.17, 15) is 9.59 Å². The van der Waals surface area contributed by atoms with Gasteiger partial charge in [-0.2, -0.15) is 10.2 Å². The molecule has 0 saturated carbocycles. The van der Waals surface area contributed by atoms with Gasteiger partial charge in [-0.25, -0.2) is 10.9 Å². The highest BCUT2D eigenvalue weighted by atomic mass is 16.5. The van der Waals surface area contributed by atoms with Gasteiger partial charge in [0.25, 0.3) is 11.8 Å². The third-order valence-corrected chi connectivity index (χ3v) is 4.39. The van der Waals surface area contributed by atoms with Gasteiger partial charge in [0.1, 0.15) is 11.5 Å². The fraction of sp³-hybridized carbons (Fsp3) is 0.0833. The van der Waals surface area contributed by atoms with Gasteiger partial charge in [0.05, 0.1) is 26.6 Å². The number of amides is 2. The summed E-state index contributed by atoms with van der Waals surface area (Å²) in [5, 5.41) is 8.00. The molecule has 0 saturated heterocycles. The van der Waals surface area contributed by atoms with Gasteiger partial charge in [-0.05, 0) is 36.4 Å². The van der Waals surface area contributed by atoms with Gasteiger partial charge in [-0.1, -0.05) is 36.4 Å². The number of hydrogen-bond acceptors (Lipinski definition) is 6. The molecule has 0 aromatic heterocycles. The maximum Gasteiger partial charge on any atom is 0.271 e. The van der Waals surface area contributed by atoms with E-state index in [1.165, 1.54) is 26.6 Å². The van der Waals surface area contributed by atoms with E-state index in [0.29, 0.717) is 33.8 Å². The van der Waals surface area contributed by atoms with Gasteiger partial charge in [0, 0.05) is 22.3 Å². The molecule has 32 heavy (non-hydrogen) atoms. The number of benzene rings is 3. The first-order valence-corrected chi connectivity index (χ1v) is 9.65. The third kappa shape index (κ3) is 5.79. The molecule has 0 heterocycles. The zero-order valence-electron chi connectivity index (χ0n) is 17.6. The Hall–Kier alpha value is -4.46. The molecule has 8 nitrogen and oxygen atoms in total. The summed E-state index contributed by atoms with van der Waals surface area (Å²) in [5.74, 6) is 0.315. The first kappa shape index (κ1) is 22.2. The average molecular weight is 430 g/mol. The highest BCUT2D eigenvalue weighted by Crippen LogP contribution is 2.26. The molecule has 0 fully saturated rings. The standard InChI is InChI=1S/C24H22N4O4/c1-31-21-13-20(16-26-28-24(30)18-11-7-4-8-12-18)22(32-2)14-19(21)15-25-27-23(29)17-9-5-3-6-10-17/h3-16H,1-2H3,(H,27,29)(H,28,30). The van der Waals surface area contributed by atoms with Crippen molar-refractivity contribution in [1.82, 2.24) is 10.9 Å². The molecule has 0 bridgehead atoms. The molecule has 0 radical (unpaired) electrons. The van der Waals surface area contributed by atoms with E-state index in [4.69, 9.17) is 9.47 Å². The van der Waals surface area contributed by atoms with Crippen LogP contribution in [0.15, 0.2) is 83.0 Å². The molecule has 2 N–H and O–H groups in total. The maximum absolute atomic E-state index is 12.1. The molecular weight excluding hydrogens is 408 g/mol. The predicted octanol–water partition coefficient (Wildman–Crippen LogP) is 3.23. The van der Waals surface area contributed by atoms with Crippen LogP contribution < -0.4 is 20.3 Å². The summed E-state index contributed by atoms with van der Waals surface area (Å²) in [4.78, 5) is 24.2. The van der Waals surface area contributed by atoms with Crippen molar-refractivity contribution in [3.63, 3.8) is 0 Å². The van der Waals surface area contributed by atoms with Crippen molar-refractivity contribution in [3.8, 4) is 11.5 Å². The van der Waals surface area contributed by atoms with E-state index >= 15 is 0 Å². The minimum Gasteiger partial charge on any atom is -0.496 e. The smallest absolute Gasteiger partial charge is 0.271 e. The zero-order chi connectivity index (χ0) is 22.8. The molecular formula is C24H22N4O4. The van der Waals surface area contributed by atoms with Crippen LogP contribution in [0.3, 0.4) is 0 Å². The van der Waals surface area contributed by atoms with E-state index in [2.05, 4.69) is 21.1 Å². The number of carbonyl (C=O) groups is 2. The number of hydrogen-bond donors (Lipinski definition) is 2. The van der Waals surface area contributed by atoms with Gasteiger partial charge in [-0.3, -0.25) is 9.59 Å². The second-order valence-corrected chi connectivity index (χ2v) is 6.47. The number of nitrogens with zero attached hydrogens (tertiary/aromatic N) is 2. The van der Waals surface area contributed by atoms with E-state index in [1.54, 1.807) is 60.7 Å². The van der Waals surface area contributed by atoms with Crippen LogP contribution in [0.5, 0.6) is 11.5 Å². The van der Waals surface area contributed by atoms with Crippen molar-refractivity contribution in [2.45, 2.75) is 0 Å². The van der Waals surface area contributed by atoms with E-state index in [1.807, 2.05) is 12.1 Å². The summed E-state index contributed by atoms with van der Waals surface area (Å²) in [6.45, 7) is 0. The van der Waals surface area contributed by atoms with Crippen molar-refractivity contribution in [3.05, 3.63) is 95.1 Å². The number of methoxy groups -OCH3 is 2. The Morgan fingerprint density at radius 2 is 1.06 bits per heavy atom. The molecule has 0 atom stereocenters. The highest BCUT2D eigenvalue weighted by molar-refractivity contribution is 5.96. The monoisotopic (exact) mass is 430 g/mol. The second-order valence-electron chi connectivity index (χ2n) is 6.47. The minimum atomic E-state index is -0.328. The molecule has 3 aromatic carbocycles. The lowest BCUT2D eigenvalue weighted by Crippen LogP contribution is -2.17. The van der Waals surface area contributed by atoms with Crippen molar-refractivity contribution in [2.24, 2.45) is 10.2 Å². The second kappa shape index (κ2) is 11.1. The molecule has 0 aliphatic heterocycles. The SMILES string of the molecule is COc1cc(C=NNC(=O)c2ccccc2)c(OC)cc1C=NNC(=O)c1ccccc1. The average Bonchev–Trinajstić information content (AvgIpc) is 2.85. The fourth-order valence-corrected chi connectivity index (χ4v) is 2.78. The van der Waals surface area contributed by atoms with Gasteiger partial charge in [0.15, 0.2) is 0 Å². The Labute approximate surface area is 185 Å². The van der Waals surface area contributed by atoms with E-state index in [0.717, 1.165) is 0 Å². The summed E-state index contributed by atoms with van der Waals surface area (Å²) in [5.41, 5.74) is 7.12. The summed E-state index contributed by atoms with van der Waals surface area (Å²) in [6, 6.07) is 20.9. The Morgan fingerprint density at radius 1 is 0.688 bits per heavy atom. The number of carbonyl (C=O) groups excluding carboxylic acids is 2. The van der Waals surface area contributed by atoms with Gasteiger partial charge >= 0.3 is 0 Å². The normalized spacial score (nSPS) is 10.8. The fourth-order valence-electron chi connectivity index (χ4n) is 2.78. The summed E-state index contributed by atoms with van der Waals surface area (Å²) >= 11 is 0. The Morgan fingerprint density at radius 3 is 1.41 bits per heavy atom. The van der Waals surface area contributed by atoms with Crippen LogP contribution in [-0.4, -0.2) is 38.5 Å². The van der Waals surface area contributed by atoms with Crippen LogP contribution in [0.1, 0.15) is 31.8 Å². The number of nitrogens with one attached hydrogen (secondary N) is 2. The van der Waals surface area contributed by atoms with E-state index in [-0.39, 0.29) is 11.8 Å². The topological polar surface area (TPSA) is 101 Å². The number of rotatable bonds is 8. The molecule has 0 aliphatic rings. The highest BCUT2D eigenvalue weighted by Gasteiger charge is 2.10. The van der Waals surface area contributed by atoms with Crippen molar-refractivity contribution in [1.29, 1.82) is 0 Å². The summed E-state index contributed by atoms with van der Waals surface area (Å²) in [7, 11) is 3.03. The van der Waals surface area contributed by atoms with Gasteiger partial charge in [-0.15, -0.1) is 0 Å². The maximum atomic E-state index is 12.1. The number of ether oxygens (including phenoxy) is 2. The number of hydrazone groups is 2. The third-order valence-electron chi connectivity index (χ3n) is 4.39. The van der Waals surface area contributed by atoms with Crippen LogP contribution in [0.2, 0.25) is 0 Å². The molecule has 0 unspecified atom stereocenters. The summed E-state index contributed by atoms with van der Waals surface area (Å²) in [6.07, 6.45) is 2.92.